The van der Waals surface area contributed by atoms with Crippen LogP contribution in [0.3, 0.4) is 0 Å². The van der Waals surface area contributed by atoms with E-state index in [0.29, 0.717) is 16.6 Å². The first-order chi connectivity index (χ1) is 9.16. The van der Waals surface area contributed by atoms with E-state index in [0.717, 1.165) is 29.7 Å². The monoisotopic (exact) mass is 292 g/mol. The lowest BCUT2D eigenvalue weighted by atomic mass is 9.85. The summed E-state index contributed by atoms with van der Waals surface area (Å²) in [7, 11) is 0. The quantitative estimate of drug-likeness (QED) is 0.781. The van der Waals surface area contributed by atoms with Crippen LogP contribution in [0, 0.1) is 0 Å². The number of rotatable bonds is 1. The van der Waals surface area contributed by atoms with Crippen molar-refractivity contribution in [1.29, 1.82) is 0 Å². The number of halogens is 1. The summed E-state index contributed by atoms with van der Waals surface area (Å²) in [5.41, 5.74) is 2.63. The van der Waals surface area contributed by atoms with Crippen LogP contribution in [0.15, 0.2) is 35.5 Å². The largest absolute Gasteiger partial charge is 0.351 e. The van der Waals surface area contributed by atoms with Crippen LogP contribution in [0.1, 0.15) is 30.9 Å². The molecular formula is C14H13ClN2OS. The molecule has 1 aliphatic heterocycles. The number of Topliss-reactive ketones (excluding diaryl/α,β-unsaturated/α-hetero) is 1. The van der Waals surface area contributed by atoms with Crippen molar-refractivity contribution in [2.45, 2.75) is 25.3 Å². The third kappa shape index (κ3) is 2.26. The van der Waals surface area contributed by atoms with E-state index in [1.165, 1.54) is 0 Å². The standard InChI is InChI=1S/C14H13ClN2OS/c15-9-5-2-1-4-8(9)13-12-10(16-14(19)17-13)6-3-7-11(12)18/h1-2,4-5,13H,3,6-7H2,(H2,16,17,19). The molecule has 0 spiro atoms. The first-order valence-corrected chi connectivity index (χ1v) is 7.03. The zero-order chi connectivity index (χ0) is 13.4. The molecule has 0 radical (unpaired) electrons. The minimum absolute atomic E-state index is 0.175. The normalized spacial score (nSPS) is 22.7. The van der Waals surface area contributed by atoms with Gasteiger partial charge in [0, 0.05) is 22.7 Å². The number of carbonyl (C=O) groups is 1. The van der Waals surface area contributed by atoms with Gasteiger partial charge in [-0.3, -0.25) is 4.79 Å². The number of allylic oxidation sites excluding steroid dienone is 1. The summed E-state index contributed by atoms with van der Waals surface area (Å²) in [5.74, 6) is 0.175. The van der Waals surface area contributed by atoms with Gasteiger partial charge in [0.25, 0.3) is 0 Å². The zero-order valence-electron chi connectivity index (χ0n) is 10.2. The highest BCUT2D eigenvalue weighted by Gasteiger charge is 2.33. The lowest BCUT2D eigenvalue weighted by Crippen LogP contribution is -2.46. The summed E-state index contributed by atoms with van der Waals surface area (Å²) in [6.45, 7) is 0. The number of nitrogens with one attached hydrogen (secondary N) is 2. The Morgan fingerprint density at radius 3 is 2.84 bits per heavy atom. The van der Waals surface area contributed by atoms with Gasteiger partial charge in [-0.1, -0.05) is 29.8 Å². The average molecular weight is 293 g/mol. The van der Waals surface area contributed by atoms with Gasteiger partial charge in [0.15, 0.2) is 10.9 Å². The Hall–Kier alpha value is -1.39. The molecule has 3 rings (SSSR count). The molecule has 0 fully saturated rings. The van der Waals surface area contributed by atoms with E-state index in [-0.39, 0.29) is 11.8 Å². The maximum atomic E-state index is 12.2. The number of hydrogen-bond donors (Lipinski definition) is 2. The second-order valence-corrected chi connectivity index (χ2v) is 5.54. The van der Waals surface area contributed by atoms with Crippen LogP contribution in [-0.2, 0) is 4.79 Å². The van der Waals surface area contributed by atoms with Crippen molar-refractivity contribution in [3.63, 3.8) is 0 Å². The Morgan fingerprint density at radius 2 is 2.05 bits per heavy atom. The minimum Gasteiger partial charge on any atom is -0.351 e. The van der Waals surface area contributed by atoms with Crippen molar-refractivity contribution in [3.05, 3.63) is 46.1 Å². The summed E-state index contributed by atoms with van der Waals surface area (Å²) < 4.78 is 0. The van der Waals surface area contributed by atoms with Gasteiger partial charge in [-0.2, -0.15) is 0 Å². The van der Waals surface area contributed by atoms with Crippen molar-refractivity contribution in [2.24, 2.45) is 0 Å². The average Bonchev–Trinajstić information content (AvgIpc) is 2.38. The van der Waals surface area contributed by atoms with Gasteiger partial charge >= 0.3 is 0 Å². The molecule has 0 aromatic heterocycles. The molecule has 0 saturated carbocycles. The van der Waals surface area contributed by atoms with Gasteiger partial charge in [-0.15, -0.1) is 0 Å². The number of ketones is 1. The maximum absolute atomic E-state index is 12.2. The van der Waals surface area contributed by atoms with E-state index in [4.69, 9.17) is 23.8 Å². The van der Waals surface area contributed by atoms with Gasteiger partial charge in [0.2, 0.25) is 0 Å². The second-order valence-electron chi connectivity index (χ2n) is 4.72. The number of hydrogen-bond acceptors (Lipinski definition) is 2. The topological polar surface area (TPSA) is 41.1 Å². The third-order valence-electron chi connectivity index (χ3n) is 3.50. The van der Waals surface area contributed by atoms with E-state index in [1.54, 1.807) is 0 Å². The highest BCUT2D eigenvalue weighted by molar-refractivity contribution is 7.80. The fourth-order valence-electron chi connectivity index (χ4n) is 2.65. The molecular weight excluding hydrogens is 280 g/mol. The summed E-state index contributed by atoms with van der Waals surface area (Å²) in [4.78, 5) is 12.2. The summed E-state index contributed by atoms with van der Waals surface area (Å²) in [5, 5.41) is 7.47. The molecule has 2 aliphatic rings. The number of thiocarbonyl (C=S) groups is 1. The van der Waals surface area contributed by atoms with Crippen LogP contribution in [0.2, 0.25) is 5.02 Å². The number of benzene rings is 1. The maximum Gasteiger partial charge on any atom is 0.171 e. The van der Waals surface area contributed by atoms with E-state index >= 15 is 0 Å². The van der Waals surface area contributed by atoms with Gasteiger partial charge in [0.1, 0.15) is 0 Å². The Morgan fingerprint density at radius 1 is 1.26 bits per heavy atom. The van der Waals surface area contributed by atoms with Gasteiger partial charge in [0.05, 0.1) is 6.04 Å². The van der Waals surface area contributed by atoms with Crippen molar-refractivity contribution in [1.82, 2.24) is 10.6 Å². The molecule has 1 aliphatic carbocycles. The van der Waals surface area contributed by atoms with Gasteiger partial charge in [-0.25, -0.2) is 0 Å². The van der Waals surface area contributed by atoms with Crippen LogP contribution < -0.4 is 10.6 Å². The van der Waals surface area contributed by atoms with E-state index in [1.807, 2.05) is 24.3 Å². The molecule has 0 bridgehead atoms. The lowest BCUT2D eigenvalue weighted by molar-refractivity contribution is -0.116. The van der Waals surface area contributed by atoms with Crippen molar-refractivity contribution >= 4 is 34.7 Å². The Bertz CT molecular complexity index is 597. The second kappa shape index (κ2) is 4.94. The third-order valence-corrected chi connectivity index (χ3v) is 4.07. The first-order valence-electron chi connectivity index (χ1n) is 6.25. The van der Waals surface area contributed by atoms with Crippen LogP contribution in [0.25, 0.3) is 0 Å². The molecule has 98 valence electrons. The van der Waals surface area contributed by atoms with Crippen LogP contribution >= 0.6 is 23.8 Å². The zero-order valence-corrected chi connectivity index (χ0v) is 11.8. The number of carbonyl (C=O) groups excluding carboxylic acids is 1. The molecule has 0 saturated heterocycles. The Kier molecular flexibility index (Phi) is 3.29. The minimum atomic E-state index is -0.231. The van der Waals surface area contributed by atoms with E-state index in [2.05, 4.69) is 10.6 Å². The Labute approximate surface area is 122 Å². The Balaban J connectivity index is 2.11. The summed E-state index contributed by atoms with van der Waals surface area (Å²) >= 11 is 11.5. The molecule has 1 atom stereocenters. The van der Waals surface area contributed by atoms with Crippen LogP contribution in [0.4, 0.5) is 0 Å². The smallest absolute Gasteiger partial charge is 0.171 e. The van der Waals surface area contributed by atoms with E-state index in [9.17, 15) is 4.79 Å². The van der Waals surface area contributed by atoms with Crippen molar-refractivity contribution < 1.29 is 4.79 Å². The molecule has 1 unspecified atom stereocenters. The van der Waals surface area contributed by atoms with Crippen LogP contribution in [0.5, 0.6) is 0 Å². The molecule has 1 aromatic carbocycles. The van der Waals surface area contributed by atoms with Gasteiger partial charge < -0.3 is 10.6 Å². The predicted octanol–water partition coefficient (Wildman–Crippen LogP) is 2.87. The van der Waals surface area contributed by atoms with Crippen LogP contribution in [-0.4, -0.2) is 10.9 Å². The molecule has 5 heteroatoms. The molecule has 3 nitrogen and oxygen atoms in total. The summed E-state index contributed by atoms with van der Waals surface area (Å²) in [6.07, 6.45) is 2.34. The molecule has 19 heavy (non-hydrogen) atoms. The lowest BCUT2D eigenvalue weighted by Gasteiger charge is -2.34. The first kappa shape index (κ1) is 12.6. The van der Waals surface area contributed by atoms with Crippen molar-refractivity contribution in [2.75, 3.05) is 0 Å². The highest BCUT2D eigenvalue weighted by Crippen LogP contribution is 2.35. The highest BCUT2D eigenvalue weighted by atomic mass is 35.5. The molecule has 2 N–H and O–H groups in total. The fourth-order valence-corrected chi connectivity index (χ4v) is 3.13. The van der Waals surface area contributed by atoms with Crippen molar-refractivity contribution in [3.8, 4) is 0 Å². The summed E-state index contributed by atoms with van der Waals surface area (Å²) in [6, 6.07) is 7.33. The van der Waals surface area contributed by atoms with Gasteiger partial charge in [-0.05, 0) is 36.7 Å². The SMILES string of the molecule is O=C1CCCC2=C1C(c1ccccc1Cl)NC(=S)N2. The molecule has 1 aromatic rings. The fraction of sp³-hybridized carbons (Fsp3) is 0.286. The molecule has 0 amide bonds. The van der Waals surface area contributed by atoms with E-state index < -0.39 is 0 Å². The predicted molar refractivity (Wildman–Crippen MR) is 78.9 cm³/mol. The molecule has 1 heterocycles.